The number of nitrogens with zero attached hydrogens (tertiary/aromatic N) is 3. The van der Waals surface area contributed by atoms with Gasteiger partial charge in [-0.05, 0) is 49.9 Å². The summed E-state index contributed by atoms with van der Waals surface area (Å²) in [7, 11) is 0. The van der Waals surface area contributed by atoms with Crippen LogP contribution in [0.2, 0.25) is 5.02 Å². The highest BCUT2D eigenvalue weighted by Crippen LogP contribution is 2.35. The van der Waals surface area contributed by atoms with Crippen LogP contribution in [0.25, 0.3) is 10.9 Å². The highest BCUT2D eigenvalue weighted by Gasteiger charge is 2.26. The van der Waals surface area contributed by atoms with Gasteiger partial charge in [0.25, 0.3) is 0 Å². The van der Waals surface area contributed by atoms with Crippen molar-refractivity contribution in [2.24, 2.45) is 0 Å². The van der Waals surface area contributed by atoms with Crippen molar-refractivity contribution in [1.29, 1.82) is 0 Å². The van der Waals surface area contributed by atoms with Crippen LogP contribution in [0.15, 0.2) is 42.9 Å². The third kappa shape index (κ3) is 6.50. The number of hydrogen-bond acceptors (Lipinski definition) is 7. The number of benzene rings is 2. The molecule has 196 valence electrons. The van der Waals surface area contributed by atoms with E-state index < -0.39 is 5.82 Å². The van der Waals surface area contributed by atoms with Crippen LogP contribution in [0.1, 0.15) is 25.7 Å². The third-order valence-electron chi connectivity index (χ3n) is 6.59. The van der Waals surface area contributed by atoms with Gasteiger partial charge in [-0.25, -0.2) is 19.2 Å². The Labute approximate surface area is 219 Å². The van der Waals surface area contributed by atoms with E-state index in [0.29, 0.717) is 43.5 Å². The van der Waals surface area contributed by atoms with Gasteiger partial charge in [-0.3, -0.25) is 0 Å². The lowest BCUT2D eigenvalue weighted by atomic mass is 9.93. The van der Waals surface area contributed by atoms with E-state index in [9.17, 15) is 9.18 Å². The average Bonchev–Trinajstić information content (AvgIpc) is 2.92. The molecule has 1 aromatic heterocycles. The smallest absolute Gasteiger partial charge is 0.317 e. The minimum atomic E-state index is -0.478. The molecule has 2 fully saturated rings. The Hall–Kier alpha value is -3.37. The second-order valence-electron chi connectivity index (χ2n) is 9.12. The number of aromatic nitrogens is 2. The number of nitrogens with one attached hydrogen (secondary N) is 2. The summed E-state index contributed by atoms with van der Waals surface area (Å²) in [5, 5.41) is 7.11. The van der Waals surface area contributed by atoms with Crippen LogP contribution in [-0.2, 0) is 4.74 Å². The van der Waals surface area contributed by atoms with E-state index in [1.54, 1.807) is 17.2 Å². The van der Waals surface area contributed by atoms with Crippen LogP contribution < -0.4 is 20.1 Å². The normalized spacial score (nSPS) is 19.9. The molecule has 0 radical (unpaired) electrons. The zero-order valence-corrected chi connectivity index (χ0v) is 21.0. The molecule has 0 atom stereocenters. The third-order valence-corrected chi connectivity index (χ3v) is 6.88. The Bertz CT molecular complexity index is 1230. The van der Waals surface area contributed by atoms with E-state index in [1.807, 2.05) is 12.1 Å². The number of ether oxygens (including phenoxy) is 3. The van der Waals surface area contributed by atoms with E-state index >= 15 is 0 Å². The first-order valence-corrected chi connectivity index (χ1v) is 12.8. The fourth-order valence-electron chi connectivity index (χ4n) is 4.53. The number of urea groups is 1. The fourth-order valence-corrected chi connectivity index (χ4v) is 4.71. The number of rotatable bonds is 7. The number of carbonyl (C=O) groups is 1. The predicted molar refractivity (Wildman–Crippen MR) is 138 cm³/mol. The first-order valence-electron chi connectivity index (χ1n) is 12.4. The summed E-state index contributed by atoms with van der Waals surface area (Å²) in [5.74, 6) is 0.658. The Kier molecular flexibility index (Phi) is 8.05. The standard InChI is InChI=1S/C26H29ClFN5O4/c27-21-12-19(3-6-22(21)28)31-16-36-24-13-23-17(14-29-15-30-23)11-25(24)37-20-4-1-18(2-5-20)32-26(34)33-7-9-35-10-8-33/h3,6,11-15,18,20,31H,1-2,4-5,7-10,16H2,(H,32,34). The number of hydrogen-bond donors (Lipinski definition) is 2. The average molecular weight is 530 g/mol. The Morgan fingerprint density at radius 1 is 1.14 bits per heavy atom. The molecule has 1 saturated heterocycles. The molecular weight excluding hydrogens is 501 g/mol. The number of amides is 2. The quantitative estimate of drug-likeness (QED) is 0.431. The van der Waals surface area contributed by atoms with Gasteiger partial charge in [0.05, 0.1) is 29.9 Å². The van der Waals surface area contributed by atoms with E-state index in [1.165, 1.54) is 18.5 Å². The summed E-state index contributed by atoms with van der Waals surface area (Å²) >= 11 is 5.87. The lowest BCUT2D eigenvalue weighted by Crippen LogP contribution is -2.50. The van der Waals surface area contributed by atoms with Crippen LogP contribution in [-0.4, -0.2) is 66.1 Å². The molecule has 2 amide bonds. The molecule has 1 saturated carbocycles. The summed E-state index contributed by atoms with van der Waals surface area (Å²) in [6.07, 6.45) is 6.49. The van der Waals surface area contributed by atoms with Gasteiger partial charge >= 0.3 is 6.03 Å². The summed E-state index contributed by atoms with van der Waals surface area (Å²) < 4.78 is 31.1. The second kappa shape index (κ2) is 11.8. The zero-order chi connectivity index (χ0) is 25.6. The first kappa shape index (κ1) is 25.3. The molecule has 37 heavy (non-hydrogen) atoms. The van der Waals surface area contributed by atoms with Crippen molar-refractivity contribution in [3.63, 3.8) is 0 Å². The number of halogens is 2. The fraction of sp³-hybridized carbons (Fsp3) is 0.423. The maximum absolute atomic E-state index is 13.4. The summed E-state index contributed by atoms with van der Waals surface area (Å²) in [6, 6.07) is 8.20. The van der Waals surface area contributed by atoms with Crippen molar-refractivity contribution >= 4 is 34.2 Å². The van der Waals surface area contributed by atoms with Gasteiger partial charge in [0, 0.05) is 42.5 Å². The Morgan fingerprint density at radius 3 is 2.73 bits per heavy atom. The van der Waals surface area contributed by atoms with Crippen molar-refractivity contribution < 1.29 is 23.4 Å². The molecule has 2 N–H and O–H groups in total. The van der Waals surface area contributed by atoms with Crippen molar-refractivity contribution in [3.8, 4) is 11.5 Å². The topological polar surface area (TPSA) is 97.8 Å². The molecule has 2 heterocycles. The summed E-state index contributed by atoms with van der Waals surface area (Å²) in [6.45, 7) is 2.55. The lowest BCUT2D eigenvalue weighted by molar-refractivity contribution is 0.0514. The largest absolute Gasteiger partial charge is 0.487 e. The number of anilines is 1. The minimum Gasteiger partial charge on any atom is -0.487 e. The van der Waals surface area contributed by atoms with Gasteiger partial charge in [0.2, 0.25) is 0 Å². The van der Waals surface area contributed by atoms with E-state index in [0.717, 1.165) is 36.6 Å². The van der Waals surface area contributed by atoms with Gasteiger partial charge in [0.1, 0.15) is 12.1 Å². The van der Waals surface area contributed by atoms with E-state index in [-0.39, 0.29) is 29.9 Å². The predicted octanol–water partition coefficient (Wildman–Crippen LogP) is 4.60. The number of morpholine rings is 1. The Morgan fingerprint density at radius 2 is 1.95 bits per heavy atom. The molecule has 2 aliphatic rings. The molecule has 1 aliphatic carbocycles. The molecule has 1 aliphatic heterocycles. The lowest BCUT2D eigenvalue weighted by Gasteiger charge is -2.33. The monoisotopic (exact) mass is 529 g/mol. The van der Waals surface area contributed by atoms with Crippen LogP contribution in [0, 0.1) is 5.82 Å². The van der Waals surface area contributed by atoms with E-state index in [2.05, 4.69) is 20.6 Å². The highest BCUT2D eigenvalue weighted by atomic mass is 35.5. The molecule has 0 spiro atoms. The maximum atomic E-state index is 13.4. The molecule has 2 aromatic carbocycles. The minimum absolute atomic E-state index is 0.00941. The van der Waals surface area contributed by atoms with Crippen LogP contribution >= 0.6 is 11.6 Å². The molecule has 9 nitrogen and oxygen atoms in total. The first-order chi connectivity index (χ1) is 18.0. The van der Waals surface area contributed by atoms with Gasteiger partial charge in [-0.2, -0.15) is 0 Å². The van der Waals surface area contributed by atoms with E-state index in [4.69, 9.17) is 25.8 Å². The van der Waals surface area contributed by atoms with Crippen molar-refractivity contribution in [2.45, 2.75) is 37.8 Å². The van der Waals surface area contributed by atoms with Gasteiger partial charge < -0.3 is 29.7 Å². The van der Waals surface area contributed by atoms with Crippen molar-refractivity contribution in [1.82, 2.24) is 20.2 Å². The molecule has 11 heteroatoms. The molecule has 0 bridgehead atoms. The van der Waals surface area contributed by atoms with Gasteiger partial charge in [-0.1, -0.05) is 11.6 Å². The highest BCUT2D eigenvalue weighted by molar-refractivity contribution is 6.31. The summed E-state index contributed by atoms with van der Waals surface area (Å²) in [4.78, 5) is 22.7. The Balaban J connectivity index is 1.20. The van der Waals surface area contributed by atoms with Crippen molar-refractivity contribution in [3.05, 3.63) is 53.7 Å². The molecule has 3 aromatic rings. The SMILES string of the molecule is O=C(NC1CCC(Oc2cc3cncnc3cc2OCNc2ccc(F)c(Cl)c2)CC1)N1CCOCC1. The van der Waals surface area contributed by atoms with Crippen LogP contribution in [0.3, 0.4) is 0 Å². The number of fused-ring (bicyclic) bond motifs is 1. The molecule has 5 rings (SSSR count). The molecule has 0 unspecified atom stereocenters. The molecular formula is C26H29ClFN5O4. The second-order valence-corrected chi connectivity index (χ2v) is 9.52. The zero-order valence-electron chi connectivity index (χ0n) is 20.3. The van der Waals surface area contributed by atoms with Gasteiger partial charge in [0.15, 0.2) is 18.2 Å². The maximum Gasteiger partial charge on any atom is 0.317 e. The van der Waals surface area contributed by atoms with Crippen molar-refractivity contribution in [2.75, 3.05) is 38.4 Å². The van der Waals surface area contributed by atoms with Crippen LogP contribution in [0.5, 0.6) is 11.5 Å². The van der Waals surface area contributed by atoms with Gasteiger partial charge in [-0.15, -0.1) is 0 Å². The summed E-state index contributed by atoms with van der Waals surface area (Å²) in [5.41, 5.74) is 1.37. The van der Waals surface area contributed by atoms with Crippen LogP contribution in [0.4, 0.5) is 14.9 Å². The number of carbonyl (C=O) groups excluding carboxylic acids is 1.